The van der Waals surface area contributed by atoms with Gasteiger partial charge < -0.3 is 10.5 Å². The number of carbonyl (C=O) groups is 1. The number of rotatable bonds is 4. The fourth-order valence-electron chi connectivity index (χ4n) is 3.06. The molecule has 0 fully saturated rings. The number of fused-ring (bicyclic) bond motifs is 1. The lowest BCUT2D eigenvalue weighted by atomic mass is 10.1. The van der Waals surface area contributed by atoms with Crippen molar-refractivity contribution in [2.24, 2.45) is 5.73 Å². The lowest BCUT2D eigenvalue weighted by Crippen LogP contribution is -2.09. The molecule has 5 nitrogen and oxygen atoms in total. The molecule has 27 heavy (non-hydrogen) atoms. The van der Waals surface area contributed by atoms with Gasteiger partial charge in [0.25, 0.3) is 5.91 Å². The molecule has 4 aromatic rings. The summed E-state index contributed by atoms with van der Waals surface area (Å²) < 4.78 is 6.53. The van der Waals surface area contributed by atoms with Gasteiger partial charge >= 0.3 is 0 Å². The van der Waals surface area contributed by atoms with Crippen LogP contribution in [0.25, 0.3) is 31.9 Å². The van der Waals surface area contributed by atoms with E-state index in [-0.39, 0.29) is 0 Å². The summed E-state index contributed by atoms with van der Waals surface area (Å²) >= 11 is 2.93. The normalized spacial score (nSPS) is 11.1. The number of hydrogen-bond donors (Lipinski definition) is 1. The molecule has 0 saturated heterocycles. The van der Waals surface area contributed by atoms with E-state index in [1.165, 1.54) is 22.7 Å². The highest BCUT2D eigenvalue weighted by Gasteiger charge is 2.20. The number of pyridine rings is 1. The molecule has 0 unspecified atom stereocenters. The van der Waals surface area contributed by atoms with Gasteiger partial charge in [-0.1, -0.05) is 0 Å². The molecular weight excluding hydrogens is 378 g/mol. The first-order valence-corrected chi connectivity index (χ1v) is 9.92. The largest absolute Gasteiger partial charge is 0.494 e. The van der Waals surface area contributed by atoms with Crippen LogP contribution < -0.4 is 10.5 Å². The highest BCUT2D eigenvalue weighted by atomic mass is 32.1. The maximum Gasteiger partial charge on any atom is 0.259 e. The second kappa shape index (κ2) is 6.75. The van der Waals surface area contributed by atoms with Crippen molar-refractivity contribution in [2.75, 3.05) is 7.11 Å². The zero-order valence-electron chi connectivity index (χ0n) is 15.1. The van der Waals surface area contributed by atoms with Crippen molar-refractivity contribution in [1.82, 2.24) is 9.97 Å². The molecule has 7 heteroatoms. The summed E-state index contributed by atoms with van der Waals surface area (Å²) in [6, 6.07) is 9.95. The summed E-state index contributed by atoms with van der Waals surface area (Å²) in [6.45, 7) is 3.93. The van der Waals surface area contributed by atoms with Gasteiger partial charge in [-0.25, -0.2) is 4.98 Å². The van der Waals surface area contributed by atoms with E-state index in [0.717, 1.165) is 42.5 Å². The predicted molar refractivity (Wildman–Crippen MR) is 111 cm³/mol. The predicted octanol–water partition coefficient (Wildman–Crippen LogP) is 4.81. The molecule has 1 aromatic carbocycles. The van der Waals surface area contributed by atoms with E-state index in [4.69, 9.17) is 15.5 Å². The van der Waals surface area contributed by atoms with Gasteiger partial charge in [-0.2, -0.15) is 0 Å². The Labute approximate surface area is 164 Å². The van der Waals surface area contributed by atoms with Crippen LogP contribution in [0.3, 0.4) is 0 Å². The standard InChI is InChI=1S/C20H17N3O2S2/c1-10-8-12(6-7-22-10)13-4-5-15(25-3)16-17(13)27-20(23-16)14-9-11(2)26-18(14)19(21)24/h4-9H,1-3H3,(H2,21,24). The number of benzene rings is 1. The molecule has 1 amide bonds. The quantitative estimate of drug-likeness (QED) is 0.538. The van der Waals surface area contributed by atoms with Crippen molar-refractivity contribution in [2.45, 2.75) is 13.8 Å². The number of carbonyl (C=O) groups excluding carboxylic acids is 1. The fourth-order valence-corrected chi connectivity index (χ4v) is 5.13. The number of hydrogen-bond acceptors (Lipinski definition) is 6. The summed E-state index contributed by atoms with van der Waals surface area (Å²) in [5.74, 6) is 0.272. The Morgan fingerprint density at radius 2 is 1.93 bits per heavy atom. The van der Waals surface area contributed by atoms with E-state index in [9.17, 15) is 4.79 Å². The van der Waals surface area contributed by atoms with Crippen molar-refractivity contribution < 1.29 is 9.53 Å². The minimum Gasteiger partial charge on any atom is -0.494 e. The molecule has 0 atom stereocenters. The van der Waals surface area contributed by atoms with E-state index >= 15 is 0 Å². The van der Waals surface area contributed by atoms with Gasteiger partial charge in [0.2, 0.25) is 0 Å². The molecule has 0 radical (unpaired) electrons. The van der Waals surface area contributed by atoms with E-state index in [0.29, 0.717) is 10.6 Å². The van der Waals surface area contributed by atoms with Gasteiger partial charge in [-0.15, -0.1) is 22.7 Å². The van der Waals surface area contributed by atoms with Gasteiger partial charge in [-0.3, -0.25) is 9.78 Å². The van der Waals surface area contributed by atoms with E-state index in [1.54, 1.807) is 13.3 Å². The Balaban J connectivity index is 1.99. The Morgan fingerprint density at radius 3 is 2.63 bits per heavy atom. The van der Waals surface area contributed by atoms with Gasteiger partial charge in [0, 0.05) is 27.9 Å². The molecular formula is C20H17N3O2S2. The zero-order chi connectivity index (χ0) is 19.1. The number of methoxy groups -OCH3 is 1. The molecule has 136 valence electrons. The van der Waals surface area contributed by atoms with Crippen LogP contribution in [-0.4, -0.2) is 23.0 Å². The van der Waals surface area contributed by atoms with Crippen LogP contribution in [0.1, 0.15) is 20.2 Å². The molecule has 3 heterocycles. The van der Waals surface area contributed by atoms with Gasteiger partial charge in [0.05, 0.1) is 11.8 Å². The second-order valence-electron chi connectivity index (χ2n) is 6.16. The smallest absolute Gasteiger partial charge is 0.259 e. The highest BCUT2D eigenvalue weighted by molar-refractivity contribution is 7.23. The fraction of sp³-hybridized carbons (Fsp3) is 0.150. The molecule has 0 spiro atoms. The number of thiazole rings is 1. The SMILES string of the molecule is COc1ccc(-c2ccnc(C)c2)c2sc(-c3cc(C)sc3C(N)=O)nc12. The Hall–Kier alpha value is -2.77. The average molecular weight is 396 g/mol. The minimum atomic E-state index is -0.431. The van der Waals surface area contributed by atoms with Crippen LogP contribution in [0.2, 0.25) is 0 Å². The molecule has 0 saturated carbocycles. The maximum absolute atomic E-state index is 11.9. The lowest BCUT2D eigenvalue weighted by molar-refractivity contribution is 0.100. The zero-order valence-corrected chi connectivity index (χ0v) is 16.7. The summed E-state index contributed by atoms with van der Waals surface area (Å²) in [6.07, 6.45) is 1.80. The van der Waals surface area contributed by atoms with Crippen molar-refractivity contribution in [1.29, 1.82) is 0 Å². The van der Waals surface area contributed by atoms with Crippen LogP contribution in [0, 0.1) is 13.8 Å². The summed E-state index contributed by atoms with van der Waals surface area (Å²) in [4.78, 5) is 22.5. The first-order chi connectivity index (χ1) is 13.0. The van der Waals surface area contributed by atoms with E-state index < -0.39 is 5.91 Å². The number of aromatic nitrogens is 2. The Morgan fingerprint density at radius 1 is 1.11 bits per heavy atom. The van der Waals surface area contributed by atoms with Crippen molar-refractivity contribution in [3.63, 3.8) is 0 Å². The molecule has 0 bridgehead atoms. The average Bonchev–Trinajstić information content (AvgIpc) is 3.24. The molecule has 0 aliphatic rings. The van der Waals surface area contributed by atoms with Gasteiger partial charge in [-0.05, 0) is 49.7 Å². The Kier molecular flexibility index (Phi) is 4.41. The first kappa shape index (κ1) is 17.6. The van der Waals surface area contributed by atoms with Crippen LogP contribution in [0.4, 0.5) is 0 Å². The Bertz CT molecular complexity index is 1180. The van der Waals surface area contributed by atoms with Crippen molar-refractivity contribution in [3.05, 3.63) is 52.0 Å². The number of ether oxygens (including phenoxy) is 1. The van der Waals surface area contributed by atoms with Crippen molar-refractivity contribution >= 4 is 38.8 Å². The van der Waals surface area contributed by atoms with E-state index in [1.807, 2.05) is 44.2 Å². The maximum atomic E-state index is 11.9. The van der Waals surface area contributed by atoms with Crippen LogP contribution in [0.5, 0.6) is 5.75 Å². The molecule has 0 aliphatic heterocycles. The number of aryl methyl sites for hydroxylation is 2. The third-order valence-electron chi connectivity index (χ3n) is 4.24. The lowest BCUT2D eigenvalue weighted by Gasteiger charge is -2.06. The number of nitrogens with zero attached hydrogens (tertiary/aromatic N) is 2. The third-order valence-corrected chi connectivity index (χ3v) is 6.43. The van der Waals surface area contributed by atoms with Crippen LogP contribution in [0.15, 0.2) is 36.5 Å². The van der Waals surface area contributed by atoms with Gasteiger partial charge in [0.1, 0.15) is 21.2 Å². The summed E-state index contributed by atoms with van der Waals surface area (Å²) in [7, 11) is 1.63. The van der Waals surface area contributed by atoms with Gasteiger partial charge in [0.15, 0.2) is 0 Å². The minimum absolute atomic E-state index is 0.431. The topological polar surface area (TPSA) is 78.1 Å². The third kappa shape index (κ3) is 3.09. The number of amides is 1. The number of thiophene rings is 1. The van der Waals surface area contributed by atoms with Crippen LogP contribution in [-0.2, 0) is 0 Å². The summed E-state index contributed by atoms with van der Waals surface area (Å²) in [5.41, 5.74) is 10.2. The summed E-state index contributed by atoms with van der Waals surface area (Å²) in [5, 5.41) is 0.764. The van der Waals surface area contributed by atoms with Crippen molar-refractivity contribution in [3.8, 4) is 27.4 Å². The van der Waals surface area contributed by atoms with E-state index in [2.05, 4.69) is 4.98 Å². The second-order valence-corrected chi connectivity index (χ2v) is 8.42. The number of primary amides is 1. The number of nitrogens with two attached hydrogens (primary N) is 1. The molecule has 4 rings (SSSR count). The monoisotopic (exact) mass is 395 g/mol. The first-order valence-electron chi connectivity index (χ1n) is 8.29. The molecule has 0 aliphatic carbocycles. The highest BCUT2D eigenvalue weighted by Crippen LogP contribution is 2.42. The molecule has 3 aromatic heterocycles. The van der Waals surface area contributed by atoms with Crippen LogP contribution >= 0.6 is 22.7 Å². The molecule has 2 N–H and O–H groups in total.